The summed E-state index contributed by atoms with van der Waals surface area (Å²) in [4.78, 5) is 68.1. The summed E-state index contributed by atoms with van der Waals surface area (Å²) in [6.45, 7) is 0. The molecule has 1 aromatic heterocycles. The number of carbonyl (C=O) groups is 4. The summed E-state index contributed by atoms with van der Waals surface area (Å²) in [6.07, 6.45) is 4.60. The van der Waals surface area contributed by atoms with Crippen LogP contribution in [-0.2, 0) is 14.4 Å². The SMILES string of the molecule is O=C(Nc1cccc(S[C@@H]2CC(=O)N(c3ccc([N+](=O)[O-])cc3)C2=O)c1)/C(=C/c1cccnc1)NC(=O)c1ccccc1. The van der Waals surface area contributed by atoms with Gasteiger partial charge in [0, 0.05) is 47.1 Å². The second-order valence-corrected chi connectivity index (χ2v) is 10.6. The van der Waals surface area contributed by atoms with Gasteiger partial charge in [0.05, 0.1) is 15.9 Å². The van der Waals surface area contributed by atoms with E-state index in [9.17, 15) is 29.3 Å². The molecule has 0 unspecified atom stereocenters. The number of pyridine rings is 1. The number of imide groups is 1. The fraction of sp³-hybridized carbons (Fsp3) is 0.0645. The lowest BCUT2D eigenvalue weighted by atomic mass is 10.2. The number of nitro benzene ring substituents is 1. The molecule has 1 aliphatic heterocycles. The lowest BCUT2D eigenvalue weighted by molar-refractivity contribution is -0.384. The number of non-ortho nitro benzene ring substituents is 1. The molecule has 1 atom stereocenters. The molecule has 12 heteroatoms. The van der Waals surface area contributed by atoms with Crippen molar-refractivity contribution in [3.63, 3.8) is 0 Å². The van der Waals surface area contributed by atoms with Gasteiger partial charge < -0.3 is 10.6 Å². The highest BCUT2D eigenvalue weighted by Gasteiger charge is 2.40. The van der Waals surface area contributed by atoms with E-state index in [-0.39, 0.29) is 23.5 Å². The Labute approximate surface area is 249 Å². The summed E-state index contributed by atoms with van der Waals surface area (Å²) in [5.74, 6) is -1.90. The first-order chi connectivity index (χ1) is 20.8. The van der Waals surface area contributed by atoms with Gasteiger partial charge in [0.15, 0.2) is 0 Å². The fourth-order valence-corrected chi connectivity index (χ4v) is 5.38. The number of amides is 4. The lowest BCUT2D eigenvalue weighted by Crippen LogP contribution is -2.31. The zero-order valence-electron chi connectivity index (χ0n) is 22.4. The van der Waals surface area contributed by atoms with E-state index in [4.69, 9.17) is 0 Å². The minimum atomic E-state index is -0.722. The highest BCUT2D eigenvalue weighted by Crippen LogP contribution is 2.35. The number of aromatic nitrogens is 1. The van der Waals surface area contributed by atoms with E-state index >= 15 is 0 Å². The van der Waals surface area contributed by atoms with Crippen LogP contribution in [0.1, 0.15) is 22.3 Å². The van der Waals surface area contributed by atoms with Crippen molar-refractivity contribution in [1.82, 2.24) is 10.3 Å². The van der Waals surface area contributed by atoms with Crippen LogP contribution in [0.2, 0.25) is 0 Å². The average Bonchev–Trinajstić information content (AvgIpc) is 3.29. The zero-order chi connectivity index (χ0) is 30.3. The number of rotatable bonds is 9. The van der Waals surface area contributed by atoms with Crippen molar-refractivity contribution in [2.75, 3.05) is 10.2 Å². The third-order valence-corrected chi connectivity index (χ3v) is 7.50. The van der Waals surface area contributed by atoms with Crippen molar-refractivity contribution < 1.29 is 24.1 Å². The molecule has 214 valence electrons. The first kappa shape index (κ1) is 28.9. The number of hydrogen-bond donors (Lipinski definition) is 2. The van der Waals surface area contributed by atoms with Crippen LogP contribution in [0, 0.1) is 10.1 Å². The number of carbonyl (C=O) groups excluding carboxylic acids is 4. The molecular weight excluding hydrogens is 570 g/mol. The quantitative estimate of drug-likeness (QED) is 0.121. The number of benzene rings is 3. The van der Waals surface area contributed by atoms with Gasteiger partial charge in [0.2, 0.25) is 11.8 Å². The van der Waals surface area contributed by atoms with Crippen LogP contribution in [0.5, 0.6) is 0 Å². The Morgan fingerprint density at radius 3 is 2.44 bits per heavy atom. The summed E-state index contributed by atoms with van der Waals surface area (Å²) < 4.78 is 0. The molecule has 4 amide bonds. The molecule has 4 aromatic rings. The van der Waals surface area contributed by atoms with E-state index < -0.39 is 33.8 Å². The number of nitrogens with zero attached hydrogens (tertiary/aromatic N) is 3. The van der Waals surface area contributed by atoms with E-state index in [1.807, 2.05) is 0 Å². The van der Waals surface area contributed by atoms with E-state index in [2.05, 4.69) is 15.6 Å². The van der Waals surface area contributed by atoms with E-state index in [0.717, 1.165) is 4.90 Å². The second kappa shape index (κ2) is 12.9. The molecule has 0 aliphatic carbocycles. The molecule has 1 fully saturated rings. The van der Waals surface area contributed by atoms with Gasteiger partial charge in [-0.05, 0) is 60.2 Å². The molecule has 3 aromatic carbocycles. The van der Waals surface area contributed by atoms with Gasteiger partial charge in [-0.1, -0.05) is 30.3 Å². The Kier molecular flexibility index (Phi) is 8.68. The van der Waals surface area contributed by atoms with Crippen molar-refractivity contribution in [2.24, 2.45) is 0 Å². The third kappa shape index (κ3) is 7.00. The molecule has 0 bridgehead atoms. The Balaban J connectivity index is 1.30. The third-order valence-electron chi connectivity index (χ3n) is 6.32. The monoisotopic (exact) mass is 593 g/mol. The van der Waals surface area contributed by atoms with Crippen molar-refractivity contribution >= 4 is 58.5 Å². The molecule has 0 radical (unpaired) electrons. The average molecular weight is 594 g/mol. The molecule has 0 saturated carbocycles. The van der Waals surface area contributed by atoms with E-state index in [1.165, 1.54) is 42.1 Å². The molecule has 1 saturated heterocycles. The van der Waals surface area contributed by atoms with Crippen LogP contribution >= 0.6 is 11.8 Å². The van der Waals surface area contributed by atoms with Crippen LogP contribution in [-0.4, -0.2) is 38.8 Å². The predicted octanol–water partition coefficient (Wildman–Crippen LogP) is 4.82. The molecule has 0 spiro atoms. The molecule has 2 N–H and O–H groups in total. The summed E-state index contributed by atoms with van der Waals surface area (Å²) in [5, 5.41) is 15.7. The van der Waals surface area contributed by atoms with Gasteiger partial charge in [-0.15, -0.1) is 11.8 Å². The molecule has 2 heterocycles. The molecule has 43 heavy (non-hydrogen) atoms. The van der Waals surface area contributed by atoms with E-state index in [0.29, 0.717) is 21.7 Å². The minimum Gasteiger partial charge on any atom is -0.321 e. The Hall–Kier alpha value is -5.62. The first-order valence-corrected chi connectivity index (χ1v) is 13.8. The Bertz CT molecular complexity index is 1730. The number of thioether (sulfide) groups is 1. The van der Waals surface area contributed by atoms with E-state index in [1.54, 1.807) is 79.1 Å². The van der Waals surface area contributed by atoms with Gasteiger partial charge in [-0.25, -0.2) is 4.90 Å². The van der Waals surface area contributed by atoms with Crippen molar-refractivity contribution in [3.05, 3.63) is 130 Å². The molecule has 11 nitrogen and oxygen atoms in total. The van der Waals surface area contributed by atoms with Crippen molar-refractivity contribution in [2.45, 2.75) is 16.6 Å². The van der Waals surface area contributed by atoms with Crippen LogP contribution in [0.25, 0.3) is 6.08 Å². The topological polar surface area (TPSA) is 152 Å². The maximum absolute atomic E-state index is 13.3. The van der Waals surface area contributed by atoms with Crippen LogP contribution in [0.15, 0.2) is 114 Å². The van der Waals surface area contributed by atoms with Crippen LogP contribution in [0.3, 0.4) is 0 Å². The molecule has 1 aliphatic rings. The lowest BCUT2D eigenvalue weighted by Gasteiger charge is -2.15. The Morgan fingerprint density at radius 2 is 1.74 bits per heavy atom. The normalized spacial score (nSPS) is 14.8. The summed E-state index contributed by atoms with van der Waals surface area (Å²) >= 11 is 1.17. The van der Waals surface area contributed by atoms with Gasteiger partial charge in [-0.2, -0.15) is 0 Å². The maximum atomic E-state index is 13.3. The number of nitro groups is 1. The van der Waals surface area contributed by atoms with Gasteiger partial charge >= 0.3 is 0 Å². The number of hydrogen-bond acceptors (Lipinski definition) is 8. The first-order valence-electron chi connectivity index (χ1n) is 13.0. The second-order valence-electron chi connectivity index (χ2n) is 9.30. The van der Waals surface area contributed by atoms with Crippen molar-refractivity contribution in [1.29, 1.82) is 0 Å². The van der Waals surface area contributed by atoms with Gasteiger partial charge in [0.1, 0.15) is 5.70 Å². The minimum absolute atomic E-state index is 0.00443. The van der Waals surface area contributed by atoms with Gasteiger partial charge in [0.25, 0.3) is 17.5 Å². The van der Waals surface area contributed by atoms with Crippen LogP contribution < -0.4 is 15.5 Å². The largest absolute Gasteiger partial charge is 0.321 e. The van der Waals surface area contributed by atoms with Crippen LogP contribution in [0.4, 0.5) is 17.1 Å². The van der Waals surface area contributed by atoms with Crippen molar-refractivity contribution in [3.8, 4) is 0 Å². The number of anilines is 2. The highest BCUT2D eigenvalue weighted by atomic mass is 32.2. The number of nitrogens with one attached hydrogen (secondary N) is 2. The zero-order valence-corrected chi connectivity index (χ0v) is 23.2. The predicted molar refractivity (Wildman–Crippen MR) is 161 cm³/mol. The maximum Gasteiger partial charge on any atom is 0.272 e. The molecular formula is C31H23N5O6S. The Morgan fingerprint density at radius 1 is 0.977 bits per heavy atom. The fourth-order valence-electron chi connectivity index (χ4n) is 4.27. The highest BCUT2D eigenvalue weighted by molar-refractivity contribution is 8.00. The van der Waals surface area contributed by atoms with Gasteiger partial charge in [-0.3, -0.25) is 34.3 Å². The molecule has 5 rings (SSSR count). The summed E-state index contributed by atoms with van der Waals surface area (Å²) in [5.41, 5.74) is 1.50. The smallest absolute Gasteiger partial charge is 0.272 e. The summed E-state index contributed by atoms with van der Waals surface area (Å²) in [6, 6.07) is 23.9. The standard InChI is InChI=1S/C31H23N5O6S/c37-28-18-27(31(40)35(28)23-11-13-24(14-12-23)36(41)42)43-25-10-4-9-22(17-25)33-30(39)26(16-20-6-5-15-32-19-20)34-29(38)21-7-2-1-3-8-21/h1-17,19,27H,18H2,(H,33,39)(H,34,38)/b26-16-/t27-/m1/s1. The summed E-state index contributed by atoms with van der Waals surface area (Å²) in [7, 11) is 0.